The summed E-state index contributed by atoms with van der Waals surface area (Å²) in [6.45, 7) is 6.28. The standard InChI is InChI=1S/C15H20N2O2/c1-11(12-7-5-4-6-8-12)9-17-10-13(18)16-15(2,3)14(17)19/h4-8,11H,9-10H2,1-3H3,(H,16,18). The average Bonchev–Trinajstić information content (AvgIpc) is 2.36. The first-order chi connectivity index (χ1) is 8.90. The van der Waals surface area contributed by atoms with E-state index in [1.165, 1.54) is 5.56 Å². The molecule has 1 aliphatic heterocycles. The van der Waals surface area contributed by atoms with Crippen LogP contribution in [0, 0.1) is 0 Å². The van der Waals surface area contributed by atoms with Crippen molar-refractivity contribution in [1.82, 2.24) is 10.2 Å². The van der Waals surface area contributed by atoms with Crippen LogP contribution in [0.1, 0.15) is 32.3 Å². The van der Waals surface area contributed by atoms with Crippen molar-refractivity contribution in [3.05, 3.63) is 35.9 Å². The predicted octanol–water partition coefficient (Wildman–Crippen LogP) is 1.53. The van der Waals surface area contributed by atoms with E-state index >= 15 is 0 Å². The number of hydrogen-bond acceptors (Lipinski definition) is 2. The zero-order chi connectivity index (χ0) is 14.0. The number of amides is 2. The lowest BCUT2D eigenvalue weighted by Crippen LogP contribution is -2.64. The number of hydrogen-bond donors (Lipinski definition) is 1. The molecular weight excluding hydrogens is 240 g/mol. The number of rotatable bonds is 3. The molecule has 1 heterocycles. The van der Waals surface area contributed by atoms with Crippen LogP contribution in [0.2, 0.25) is 0 Å². The quantitative estimate of drug-likeness (QED) is 0.896. The van der Waals surface area contributed by atoms with Gasteiger partial charge in [0.05, 0.1) is 6.54 Å². The summed E-state index contributed by atoms with van der Waals surface area (Å²) in [5.74, 6) is 0.103. The first kappa shape index (κ1) is 13.6. The highest BCUT2D eigenvalue weighted by atomic mass is 16.2. The minimum atomic E-state index is -0.800. The molecule has 0 aromatic heterocycles. The minimum Gasteiger partial charge on any atom is -0.341 e. The number of carbonyl (C=O) groups is 2. The molecule has 1 N–H and O–H groups in total. The van der Waals surface area contributed by atoms with E-state index in [0.29, 0.717) is 6.54 Å². The van der Waals surface area contributed by atoms with Crippen LogP contribution in [0.3, 0.4) is 0 Å². The van der Waals surface area contributed by atoms with Crippen LogP contribution in [-0.4, -0.2) is 35.3 Å². The molecule has 4 nitrogen and oxygen atoms in total. The molecule has 0 aliphatic carbocycles. The van der Waals surface area contributed by atoms with E-state index in [1.807, 2.05) is 30.3 Å². The number of piperazine rings is 1. The van der Waals surface area contributed by atoms with Crippen LogP contribution in [-0.2, 0) is 9.59 Å². The highest BCUT2D eigenvalue weighted by Crippen LogP contribution is 2.20. The van der Waals surface area contributed by atoms with E-state index in [-0.39, 0.29) is 24.3 Å². The number of nitrogens with one attached hydrogen (secondary N) is 1. The van der Waals surface area contributed by atoms with Gasteiger partial charge in [-0.1, -0.05) is 37.3 Å². The lowest BCUT2D eigenvalue weighted by atomic mass is 9.96. The van der Waals surface area contributed by atoms with E-state index in [4.69, 9.17) is 0 Å². The van der Waals surface area contributed by atoms with Gasteiger partial charge in [0, 0.05) is 6.54 Å². The topological polar surface area (TPSA) is 49.4 Å². The van der Waals surface area contributed by atoms with Crippen molar-refractivity contribution in [2.75, 3.05) is 13.1 Å². The van der Waals surface area contributed by atoms with Gasteiger partial charge in [-0.25, -0.2) is 0 Å². The van der Waals surface area contributed by atoms with Gasteiger partial charge in [-0.15, -0.1) is 0 Å². The van der Waals surface area contributed by atoms with E-state index in [2.05, 4.69) is 12.2 Å². The summed E-state index contributed by atoms with van der Waals surface area (Å²) in [5.41, 5.74) is 0.380. The predicted molar refractivity (Wildman–Crippen MR) is 73.7 cm³/mol. The summed E-state index contributed by atoms with van der Waals surface area (Å²) in [4.78, 5) is 25.6. The van der Waals surface area contributed by atoms with Crippen molar-refractivity contribution >= 4 is 11.8 Å². The summed E-state index contributed by atoms with van der Waals surface area (Å²) in [5, 5.41) is 2.72. The van der Waals surface area contributed by atoms with Crippen LogP contribution in [0.25, 0.3) is 0 Å². The summed E-state index contributed by atoms with van der Waals surface area (Å²) < 4.78 is 0. The first-order valence-electron chi connectivity index (χ1n) is 6.55. The van der Waals surface area contributed by atoms with Crippen LogP contribution in [0.4, 0.5) is 0 Å². The highest BCUT2D eigenvalue weighted by molar-refractivity contribution is 5.97. The second kappa shape index (κ2) is 5.03. The molecule has 1 fully saturated rings. The SMILES string of the molecule is CC(CN1CC(=O)NC(C)(C)C1=O)c1ccccc1. The maximum absolute atomic E-state index is 12.3. The Morgan fingerprint density at radius 1 is 1.26 bits per heavy atom. The van der Waals surface area contributed by atoms with Gasteiger partial charge in [-0.2, -0.15) is 0 Å². The Bertz CT molecular complexity index is 482. The normalized spacial score (nSPS) is 20.1. The zero-order valence-electron chi connectivity index (χ0n) is 11.6. The van der Waals surface area contributed by atoms with E-state index < -0.39 is 5.54 Å². The Balaban J connectivity index is 2.10. The second-order valence-corrected chi connectivity index (χ2v) is 5.67. The molecule has 1 aliphatic rings. The lowest BCUT2D eigenvalue weighted by Gasteiger charge is -2.38. The molecule has 0 bridgehead atoms. The number of carbonyl (C=O) groups excluding carboxylic acids is 2. The van der Waals surface area contributed by atoms with Crippen LogP contribution in [0.15, 0.2) is 30.3 Å². The molecule has 19 heavy (non-hydrogen) atoms. The molecule has 1 aromatic carbocycles. The summed E-state index contributed by atoms with van der Waals surface area (Å²) >= 11 is 0. The lowest BCUT2D eigenvalue weighted by molar-refractivity contribution is -0.148. The molecule has 1 atom stereocenters. The fourth-order valence-corrected chi connectivity index (χ4v) is 2.45. The minimum absolute atomic E-state index is 0.0186. The number of nitrogens with zero attached hydrogens (tertiary/aromatic N) is 1. The monoisotopic (exact) mass is 260 g/mol. The number of benzene rings is 1. The third kappa shape index (κ3) is 2.95. The van der Waals surface area contributed by atoms with Gasteiger partial charge in [-0.05, 0) is 25.3 Å². The van der Waals surface area contributed by atoms with Crippen LogP contribution >= 0.6 is 0 Å². The molecule has 1 aromatic rings. The van der Waals surface area contributed by atoms with Crippen molar-refractivity contribution < 1.29 is 9.59 Å². The van der Waals surface area contributed by atoms with Crippen molar-refractivity contribution in [2.45, 2.75) is 32.2 Å². The Morgan fingerprint density at radius 2 is 1.89 bits per heavy atom. The van der Waals surface area contributed by atoms with Gasteiger partial charge in [-0.3, -0.25) is 9.59 Å². The smallest absolute Gasteiger partial charge is 0.248 e. The first-order valence-corrected chi connectivity index (χ1v) is 6.55. The summed E-state index contributed by atoms with van der Waals surface area (Å²) in [6.07, 6.45) is 0. The summed E-state index contributed by atoms with van der Waals surface area (Å²) in [6, 6.07) is 10.0. The van der Waals surface area contributed by atoms with E-state index in [0.717, 1.165) is 0 Å². The van der Waals surface area contributed by atoms with E-state index in [1.54, 1.807) is 18.7 Å². The Labute approximate surface area is 113 Å². The largest absolute Gasteiger partial charge is 0.341 e. The van der Waals surface area contributed by atoms with Crippen LogP contribution < -0.4 is 5.32 Å². The molecule has 2 rings (SSSR count). The molecule has 102 valence electrons. The van der Waals surface area contributed by atoms with Gasteiger partial charge in [0.15, 0.2) is 0 Å². The molecule has 0 saturated carbocycles. The highest BCUT2D eigenvalue weighted by Gasteiger charge is 2.39. The molecule has 0 spiro atoms. The molecule has 0 radical (unpaired) electrons. The van der Waals surface area contributed by atoms with Gasteiger partial charge in [0.1, 0.15) is 5.54 Å². The van der Waals surface area contributed by atoms with Crippen molar-refractivity contribution in [3.63, 3.8) is 0 Å². The van der Waals surface area contributed by atoms with Gasteiger partial charge < -0.3 is 10.2 Å². The Morgan fingerprint density at radius 3 is 2.53 bits per heavy atom. The van der Waals surface area contributed by atoms with Crippen molar-refractivity contribution in [2.24, 2.45) is 0 Å². The zero-order valence-corrected chi connectivity index (χ0v) is 11.6. The molecule has 2 amide bonds. The molecule has 1 unspecified atom stereocenters. The maximum atomic E-state index is 12.3. The molecule has 1 saturated heterocycles. The second-order valence-electron chi connectivity index (χ2n) is 5.67. The van der Waals surface area contributed by atoms with Gasteiger partial charge in [0.25, 0.3) is 0 Å². The summed E-state index contributed by atoms with van der Waals surface area (Å²) in [7, 11) is 0. The third-order valence-corrected chi connectivity index (χ3v) is 3.47. The Hall–Kier alpha value is -1.84. The van der Waals surface area contributed by atoms with Crippen LogP contribution in [0.5, 0.6) is 0 Å². The molecule has 4 heteroatoms. The van der Waals surface area contributed by atoms with E-state index in [9.17, 15) is 9.59 Å². The average molecular weight is 260 g/mol. The van der Waals surface area contributed by atoms with Gasteiger partial charge in [0.2, 0.25) is 11.8 Å². The fourth-order valence-electron chi connectivity index (χ4n) is 2.45. The third-order valence-electron chi connectivity index (χ3n) is 3.47. The van der Waals surface area contributed by atoms with Crippen molar-refractivity contribution in [3.8, 4) is 0 Å². The molecular formula is C15H20N2O2. The van der Waals surface area contributed by atoms with Crippen molar-refractivity contribution in [1.29, 1.82) is 0 Å². The van der Waals surface area contributed by atoms with Gasteiger partial charge >= 0.3 is 0 Å². The fraction of sp³-hybridized carbons (Fsp3) is 0.467. The maximum Gasteiger partial charge on any atom is 0.248 e. The Kier molecular flexibility index (Phi) is 3.60.